The van der Waals surface area contributed by atoms with Crippen LogP contribution < -0.4 is 0 Å². The highest BCUT2D eigenvalue weighted by atomic mass is 32.2. The molecule has 0 saturated carbocycles. The first-order chi connectivity index (χ1) is 5.07. The molecule has 0 heterocycles. The van der Waals surface area contributed by atoms with E-state index < -0.39 is 27.3 Å². The van der Waals surface area contributed by atoms with Gasteiger partial charge >= 0.3 is 16.3 Å². The molecule has 9 heteroatoms. The van der Waals surface area contributed by atoms with E-state index in [1.54, 1.807) is 0 Å². The normalized spacial score (nSPS) is 12.8. The highest BCUT2D eigenvalue weighted by Gasteiger charge is 2.46. The van der Waals surface area contributed by atoms with Gasteiger partial charge in [-0.3, -0.25) is 4.55 Å². The Kier molecular flexibility index (Phi) is 2.80. The predicted molar refractivity (Wildman–Crippen MR) is 26.8 cm³/mol. The summed E-state index contributed by atoms with van der Waals surface area (Å²) in [7, 11) is -5.92. The minimum Gasteiger partial charge on any atom is -0.282 e. The number of rotatable bonds is 1. The Labute approximate surface area is 63.2 Å². The van der Waals surface area contributed by atoms with Gasteiger partial charge in [0.05, 0.1) is 0 Å². The van der Waals surface area contributed by atoms with Crippen LogP contribution in [0.5, 0.6) is 0 Å². The summed E-state index contributed by atoms with van der Waals surface area (Å²) >= 11 is 0. The molecule has 0 aliphatic rings. The van der Waals surface area contributed by atoms with Gasteiger partial charge in [0, 0.05) is 0 Å². The fraction of sp³-hybridized carbons (Fsp3) is 0.333. The average Bonchev–Trinajstić information content (AvgIpc) is 1.49. The molecule has 0 unspecified atom stereocenters. The second kappa shape index (κ2) is 2.98. The van der Waals surface area contributed by atoms with Crippen LogP contribution in [-0.4, -0.2) is 19.1 Å². The summed E-state index contributed by atoms with van der Waals surface area (Å²) in [5.74, 6) is 0. The van der Waals surface area contributed by atoms with Gasteiger partial charge in [-0.15, -0.1) is 0 Å². The predicted octanol–water partition coefficient (Wildman–Crippen LogP) is 1.54. The van der Waals surface area contributed by atoms with Crippen LogP contribution in [0.4, 0.5) is 22.0 Å². The number of hydrogen-bond donors (Lipinski definition) is 1. The molecule has 3 nitrogen and oxygen atoms in total. The van der Waals surface area contributed by atoms with Crippen molar-refractivity contribution in [3.05, 3.63) is 11.0 Å². The highest BCUT2D eigenvalue weighted by molar-refractivity contribution is 7.89. The van der Waals surface area contributed by atoms with Crippen molar-refractivity contribution >= 4 is 10.1 Å². The maximum atomic E-state index is 11.4. The quantitative estimate of drug-likeness (QED) is 0.529. The molecule has 0 bridgehead atoms. The molecule has 0 radical (unpaired) electrons. The molecule has 0 aromatic heterocycles. The van der Waals surface area contributed by atoms with Gasteiger partial charge in [0.2, 0.25) is 4.91 Å². The van der Waals surface area contributed by atoms with Gasteiger partial charge in [-0.2, -0.15) is 30.4 Å². The Morgan fingerprint density at radius 1 is 1.17 bits per heavy atom. The summed E-state index contributed by atoms with van der Waals surface area (Å²) in [6.45, 7) is 0. The molecular formula is C3HF5O3S. The zero-order valence-corrected chi connectivity index (χ0v) is 5.88. The SMILES string of the molecule is O=S(=O)(O)C(=C(F)F)C(F)(F)F. The summed E-state index contributed by atoms with van der Waals surface area (Å²) in [5.41, 5.74) is 0. The summed E-state index contributed by atoms with van der Waals surface area (Å²) in [4.78, 5) is -3.23. The molecule has 0 spiro atoms. The lowest BCUT2D eigenvalue weighted by Gasteiger charge is -2.05. The lowest BCUT2D eigenvalue weighted by Crippen LogP contribution is -2.20. The van der Waals surface area contributed by atoms with Crippen molar-refractivity contribution < 1.29 is 34.9 Å². The van der Waals surface area contributed by atoms with Crippen molar-refractivity contribution in [3.63, 3.8) is 0 Å². The second-order valence-electron chi connectivity index (χ2n) is 1.56. The molecule has 0 saturated heterocycles. The molecule has 0 atom stereocenters. The number of alkyl halides is 3. The molecular weight excluding hydrogens is 211 g/mol. The molecule has 1 N–H and O–H groups in total. The summed E-state index contributed by atoms with van der Waals surface area (Å²) < 4.78 is 83.9. The van der Waals surface area contributed by atoms with Crippen LogP contribution in [0.2, 0.25) is 0 Å². The van der Waals surface area contributed by atoms with E-state index in [2.05, 4.69) is 0 Å². The van der Waals surface area contributed by atoms with Gasteiger partial charge in [0.15, 0.2) is 0 Å². The van der Waals surface area contributed by atoms with Gasteiger partial charge < -0.3 is 0 Å². The topological polar surface area (TPSA) is 54.4 Å². The number of hydrogen-bond acceptors (Lipinski definition) is 2. The maximum absolute atomic E-state index is 11.4. The lowest BCUT2D eigenvalue weighted by atomic mass is 10.6. The fourth-order valence-electron chi connectivity index (χ4n) is 0.351. The molecule has 0 aliphatic heterocycles. The van der Waals surface area contributed by atoms with Gasteiger partial charge in [-0.1, -0.05) is 0 Å². The Bertz CT molecular complexity index is 294. The van der Waals surface area contributed by atoms with E-state index in [9.17, 15) is 30.4 Å². The smallest absolute Gasteiger partial charge is 0.282 e. The zero-order valence-electron chi connectivity index (χ0n) is 5.06. The Morgan fingerprint density at radius 3 is 1.50 bits per heavy atom. The first-order valence-electron chi connectivity index (χ1n) is 2.16. The minimum absolute atomic E-state index is 3.23. The first kappa shape index (κ1) is 11.3. The lowest BCUT2D eigenvalue weighted by molar-refractivity contribution is -0.0881. The summed E-state index contributed by atoms with van der Waals surface area (Å²) in [6, 6.07) is 0. The fourth-order valence-corrected chi connectivity index (χ4v) is 0.838. The molecule has 0 fully saturated rings. The van der Waals surface area contributed by atoms with Crippen LogP contribution in [0.1, 0.15) is 0 Å². The monoisotopic (exact) mass is 212 g/mol. The zero-order chi connectivity index (χ0) is 10.2. The van der Waals surface area contributed by atoms with Crippen LogP contribution in [0.25, 0.3) is 0 Å². The van der Waals surface area contributed by atoms with Crippen molar-refractivity contribution in [2.24, 2.45) is 0 Å². The van der Waals surface area contributed by atoms with Gasteiger partial charge in [-0.25, -0.2) is 0 Å². The van der Waals surface area contributed by atoms with E-state index in [0.29, 0.717) is 0 Å². The molecule has 0 aromatic carbocycles. The third-order valence-electron chi connectivity index (χ3n) is 0.687. The van der Waals surface area contributed by atoms with Crippen LogP contribution in [0, 0.1) is 0 Å². The molecule has 12 heavy (non-hydrogen) atoms. The van der Waals surface area contributed by atoms with Crippen molar-refractivity contribution in [2.75, 3.05) is 0 Å². The van der Waals surface area contributed by atoms with Crippen LogP contribution >= 0.6 is 0 Å². The van der Waals surface area contributed by atoms with Crippen LogP contribution in [0.15, 0.2) is 11.0 Å². The molecule has 0 rings (SSSR count). The van der Waals surface area contributed by atoms with E-state index in [1.165, 1.54) is 0 Å². The highest BCUT2D eigenvalue weighted by Crippen LogP contribution is 2.32. The largest absolute Gasteiger partial charge is 0.434 e. The van der Waals surface area contributed by atoms with Crippen molar-refractivity contribution in [1.29, 1.82) is 0 Å². The molecule has 0 aliphatic carbocycles. The van der Waals surface area contributed by atoms with E-state index in [1.807, 2.05) is 0 Å². The average molecular weight is 212 g/mol. The van der Waals surface area contributed by atoms with Crippen molar-refractivity contribution in [1.82, 2.24) is 0 Å². The molecule has 0 amide bonds. The van der Waals surface area contributed by atoms with Gasteiger partial charge in [0.25, 0.3) is 6.08 Å². The maximum Gasteiger partial charge on any atom is 0.434 e. The van der Waals surface area contributed by atoms with Crippen molar-refractivity contribution in [2.45, 2.75) is 6.18 Å². The van der Waals surface area contributed by atoms with Crippen LogP contribution in [-0.2, 0) is 10.1 Å². The standard InChI is InChI=1S/C3HF5O3S/c4-2(5)1(3(6,7)8)12(9,10)11/h(H,9,10,11). The molecule has 0 aromatic rings. The van der Waals surface area contributed by atoms with E-state index in [4.69, 9.17) is 4.55 Å². The Morgan fingerprint density at radius 2 is 1.50 bits per heavy atom. The van der Waals surface area contributed by atoms with E-state index >= 15 is 0 Å². The molecule has 72 valence electrons. The third kappa shape index (κ3) is 2.74. The Hall–Kier alpha value is -0.700. The minimum atomic E-state index is -5.92. The summed E-state index contributed by atoms with van der Waals surface area (Å²) in [6.07, 6.45) is -9.28. The first-order valence-corrected chi connectivity index (χ1v) is 3.61. The van der Waals surface area contributed by atoms with Gasteiger partial charge in [0.1, 0.15) is 0 Å². The number of halogens is 5. The Balaban J connectivity index is 5.45. The van der Waals surface area contributed by atoms with E-state index in [0.717, 1.165) is 0 Å². The van der Waals surface area contributed by atoms with Crippen molar-refractivity contribution in [3.8, 4) is 0 Å². The van der Waals surface area contributed by atoms with E-state index in [-0.39, 0.29) is 0 Å². The van der Waals surface area contributed by atoms with Crippen LogP contribution in [0.3, 0.4) is 0 Å². The number of allylic oxidation sites excluding steroid dienone is 1. The summed E-state index contributed by atoms with van der Waals surface area (Å²) in [5, 5.41) is 0. The van der Waals surface area contributed by atoms with Gasteiger partial charge in [-0.05, 0) is 0 Å². The second-order valence-corrected chi connectivity index (χ2v) is 2.92. The third-order valence-corrected chi connectivity index (χ3v) is 1.59.